The topological polar surface area (TPSA) is 61.0 Å². The first-order chi connectivity index (χ1) is 7.85. The molecule has 1 aromatic rings. The minimum Gasteiger partial charge on any atom is -0.383 e. The van der Waals surface area contributed by atoms with Crippen molar-refractivity contribution in [3.05, 3.63) is 15.1 Å². The van der Waals surface area contributed by atoms with Crippen LogP contribution in [0.15, 0.2) is 0 Å². The molecule has 4 nitrogen and oxygen atoms in total. The highest BCUT2D eigenvalue weighted by atomic mass is 127. The van der Waals surface area contributed by atoms with Gasteiger partial charge in [-0.2, -0.15) is 0 Å². The Hall–Kier alpha value is -0.430. The SMILES string of the molecule is CCC(C)(OC)c1nc(N)c(I)c(C(C)C)n1. The Morgan fingerprint density at radius 1 is 1.41 bits per heavy atom. The molecular weight excluding hydrogens is 329 g/mol. The molecule has 0 aliphatic carbocycles. The Bertz CT molecular complexity index is 403. The number of hydrogen-bond donors (Lipinski definition) is 1. The van der Waals surface area contributed by atoms with Gasteiger partial charge in [-0.15, -0.1) is 0 Å². The summed E-state index contributed by atoms with van der Waals surface area (Å²) in [5, 5.41) is 0. The normalized spacial score (nSPS) is 15.0. The first-order valence-electron chi connectivity index (χ1n) is 5.74. The van der Waals surface area contributed by atoms with E-state index in [2.05, 4.69) is 53.3 Å². The molecule has 0 saturated heterocycles. The summed E-state index contributed by atoms with van der Waals surface area (Å²) in [6.07, 6.45) is 0.807. The van der Waals surface area contributed by atoms with E-state index in [-0.39, 0.29) is 0 Å². The lowest BCUT2D eigenvalue weighted by molar-refractivity contribution is -0.00909. The van der Waals surface area contributed by atoms with Gasteiger partial charge in [0.25, 0.3) is 0 Å². The number of hydrogen-bond acceptors (Lipinski definition) is 4. The largest absolute Gasteiger partial charge is 0.383 e. The quantitative estimate of drug-likeness (QED) is 0.849. The summed E-state index contributed by atoms with van der Waals surface area (Å²) in [5.41, 5.74) is 6.47. The van der Waals surface area contributed by atoms with E-state index in [0.29, 0.717) is 17.6 Å². The average molecular weight is 349 g/mol. The van der Waals surface area contributed by atoms with Crippen LogP contribution in [0.1, 0.15) is 51.6 Å². The summed E-state index contributed by atoms with van der Waals surface area (Å²) in [7, 11) is 1.68. The lowest BCUT2D eigenvalue weighted by Gasteiger charge is -2.26. The maximum atomic E-state index is 5.95. The van der Waals surface area contributed by atoms with Gasteiger partial charge in [0.1, 0.15) is 11.4 Å². The van der Waals surface area contributed by atoms with Crippen molar-refractivity contribution < 1.29 is 4.74 Å². The van der Waals surface area contributed by atoms with Crippen molar-refractivity contribution >= 4 is 28.4 Å². The molecule has 0 bridgehead atoms. The van der Waals surface area contributed by atoms with Crippen molar-refractivity contribution in [2.75, 3.05) is 12.8 Å². The zero-order valence-corrected chi connectivity index (χ0v) is 13.2. The molecule has 0 fully saturated rings. The molecule has 1 heterocycles. The summed E-state index contributed by atoms with van der Waals surface area (Å²) >= 11 is 2.20. The fourth-order valence-corrected chi connectivity index (χ4v) is 2.36. The van der Waals surface area contributed by atoms with E-state index >= 15 is 0 Å². The van der Waals surface area contributed by atoms with Crippen LogP contribution in [-0.2, 0) is 10.3 Å². The highest BCUT2D eigenvalue weighted by Gasteiger charge is 2.29. The van der Waals surface area contributed by atoms with E-state index in [9.17, 15) is 0 Å². The lowest BCUT2D eigenvalue weighted by Crippen LogP contribution is -2.28. The molecule has 1 aromatic heterocycles. The predicted molar refractivity (Wildman–Crippen MR) is 77.9 cm³/mol. The van der Waals surface area contributed by atoms with Gasteiger partial charge in [-0.25, -0.2) is 9.97 Å². The number of halogens is 1. The number of rotatable bonds is 4. The van der Waals surface area contributed by atoms with Crippen molar-refractivity contribution in [2.24, 2.45) is 0 Å². The summed E-state index contributed by atoms with van der Waals surface area (Å²) in [5.74, 6) is 1.53. The molecule has 0 saturated carbocycles. The molecule has 0 aliphatic heterocycles. The first-order valence-corrected chi connectivity index (χ1v) is 6.82. The number of ether oxygens (including phenoxy) is 1. The van der Waals surface area contributed by atoms with E-state index in [1.807, 2.05) is 6.92 Å². The Labute approximate surface area is 117 Å². The van der Waals surface area contributed by atoms with E-state index in [4.69, 9.17) is 10.5 Å². The van der Waals surface area contributed by atoms with E-state index in [1.165, 1.54) is 0 Å². The van der Waals surface area contributed by atoms with Crippen LogP contribution in [0.4, 0.5) is 5.82 Å². The summed E-state index contributed by atoms with van der Waals surface area (Å²) in [4.78, 5) is 8.99. The number of aromatic nitrogens is 2. The fraction of sp³-hybridized carbons (Fsp3) is 0.667. The van der Waals surface area contributed by atoms with Crippen molar-refractivity contribution in [2.45, 2.75) is 45.6 Å². The van der Waals surface area contributed by atoms with Gasteiger partial charge in [-0.1, -0.05) is 20.8 Å². The number of nitrogen functional groups attached to an aromatic ring is 1. The second-order valence-electron chi connectivity index (χ2n) is 4.57. The summed E-state index contributed by atoms with van der Waals surface area (Å²) < 4.78 is 6.46. The van der Waals surface area contributed by atoms with Crippen molar-refractivity contribution in [1.82, 2.24) is 9.97 Å². The van der Waals surface area contributed by atoms with Gasteiger partial charge in [-0.3, -0.25) is 0 Å². The maximum absolute atomic E-state index is 5.95. The smallest absolute Gasteiger partial charge is 0.162 e. The van der Waals surface area contributed by atoms with Crippen LogP contribution >= 0.6 is 22.6 Å². The van der Waals surface area contributed by atoms with Crippen LogP contribution in [0.5, 0.6) is 0 Å². The Kier molecular flexibility index (Phi) is 4.71. The molecule has 0 radical (unpaired) electrons. The Morgan fingerprint density at radius 2 is 2.00 bits per heavy atom. The van der Waals surface area contributed by atoms with Gasteiger partial charge >= 0.3 is 0 Å². The second kappa shape index (κ2) is 5.48. The molecule has 17 heavy (non-hydrogen) atoms. The number of anilines is 1. The van der Waals surface area contributed by atoms with Gasteiger partial charge in [0.2, 0.25) is 0 Å². The highest BCUT2D eigenvalue weighted by molar-refractivity contribution is 14.1. The minimum atomic E-state index is -0.470. The fourth-order valence-electron chi connectivity index (χ4n) is 1.50. The highest BCUT2D eigenvalue weighted by Crippen LogP contribution is 2.30. The molecule has 1 unspecified atom stereocenters. The van der Waals surface area contributed by atoms with Crippen LogP contribution in [0, 0.1) is 3.57 Å². The molecule has 5 heteroatoms. The van der Waals surface area contributed by atoms with Crippen LogP contribution < -0.4 is 5.73 Å². The van der Waals surface area contributed by atoms with Crippen LogP contribution in [0.2, 0.25) is 0 Å². The minimum absolute atomic E-state index is 0.323. The predicted octanol–water partition coefficient (Wildman–Crippen LogP) is 3.06. The van der Waals surface area contributed by atoms with Crippen molar-refractivity contribution in [3.63, 3.8) is 0 Å². The zero-order valence-electron chi connectivity index (χ0n) is 11.0. The zero-order chi connectivity index (χ0) is 13.2. The van der Waals surface area contributed by atoms with E-state index in [0.717, 1.165) is 15.7 Å². The Morgan fingerprint density at radius 3 is 2.41 bits per heavy atom. The first kappa shape index (κ1) is 14.6. The standard InChI is InChI=1S/C12H20IN3O/c1-6-12(4,17-5)11-15-9(7(2)3)8(13)10(14)16-11/h7H,6H2,1-5H3,(H2,14,15,16). The summed E-state index contributed by atoms with van der Waals surface area (Å²) in [6, 6.07) is 0. The van der Waals surface area contributed by atoms with Crippen LogP contribution in [-0.4, -0.2) is 17.1 Å². The third-order valence-corrected chi connectivity index (χ3v) is 4.15. The molecule has 0 aliphatic rings. The lowest BCUT2D eigenvalue weighted by atomic mass is 10.0. The third kappa shape index (κ3) is 2.88. The van der Waals surface area contributed by atoms with Gasteiger partial charge in [0.05, 0.1) is 9.26 Å². The monoisotopic (exact) mass is 349 g/mol. The van der Waals surface area contributed by atoms with Gasteiger partial charge in [0, 0.05) is 7.11 Å². The summed E-state index contributed by atoms with van der Waals surface area (Å²) in [6.45, 7) is 8.24. The maximum Gasteiger partial charge on any atom is 0.162 e. The third-order valence-electron chi connectivity index (χ3n) is 3.05. The van der Waals surface area contributed by atoms with Gasteiger partial charge < -0.3 is 10.5 Å². The van der Waals surface area contributed by atoms with Crippen molar-refractivity contribution in [3.8, 4) is 0 Å². The Balaban J connectivity index is 3.37. The van der Waals surface area contributed by atoms with Crippen LogP contribution in [0.3, 0.4) is 0 Å². The molecule has 2 N–H and O–H groups in total. The van der Waals surface area contributed by atoms with Gasteiger partial charge in [0.15, 0.2) is 5.82 Å². The average Bonchev–Trinajstić information content (AvgIpc) is 2.30. The molecule has 1 atom stereocenters. The number of nitrogens with two attached hydrogens (primary N) is 1. The van der Waals surface area contributed by atoms with Crippen LogP contribution in [0.25, 0.3) is 0 Å². The van der Waals surface area contributed by atoms with E-state index in [1.54, 1.807) is 7.11 Å². The van der Waals surface area contributed by atoms with Gasteiger partial charge in [-0.05, 0) is 41.9 Å². The molecule has 0 spiro atoms. The molecule has 0 aromatic carbocycles. The molecule has 0 amide bonds. The second-order valence-corrected chi connectivity index (χ2v) is 5.65. The number of nitrogens with zero attached hydrogens (tertiary/aromatic N) is 2. The van der Waals surface area contributed by atoms with E-state index < -0.39 is 5.60 Å². The van der Waals surface area contributed by atoms with Crippen molar-refractivity contribution in [1.29, 1.82) is 0 Å². The molecule has 96 valence electrons. The number of methoxy groups -OCH3 is 1. The molecular formula is C12H20IN3O. The molecule has 1 rings (SSSR count).